The number of ketones is 4. The largest absolute Gasteiger partial charge is 0.468 e. The first-order chi connectivity index (χ1) is 41.5. The van der Waals surface area contributed by atoms with Gasteiger partial charge in [-0.25, -0.2) is 4.79 Å². The number of ether oxygens (including phenoxy) is 2. The highest BCUT2D eigenvalue weighted by molar-refractivity contribution is 7.98. The maximum atomic E-state index is 12.8. The van der Waals surface area contributed by atoms with Crippen LogP contribution in [0.5, 0.6) is 0 Å². The van der Waals surface area contributed by atoms with E-state index in [-0.39, 0.29) is 110 Å². The fraction of sp³-hybridized carbons (Fsp3) is 0.656. The number of esters is 1. The monoisotopic (exact) mass is 1270 g/mol. The summed E-state index contributed by atoms with van der Waals surface area (Å²) in [6.45, 7) is 15.8. The maximum absolute atomic E-state index is 12.8. The number of Topliss-reactive ketones (excluding diaryl/α,β-unsaturated/α-hetero) is 4. The number of nitrogens with zero attached hydrogens (tertiary/aromatic N) is 5. The second-order valence-corrected chi connectivity index (χ2v) is 23.8. The number of carbonyl (C=O) groups is 15. The van der Waals surface area contributed by atoms with Crippen molar-refractivity contribution < 1.29 is 81.4 Å². The predicted octanol–water partition coefficient (Wildman–Crippen LogP) is 1.98. The number of nitrogens with one attached hydrogen (secondary N) is 4. The van der Waals surface area contributed by atoms with Crippen molar-refractivity contribution in [3.8, 4) is 0 Å². The van der Waals surface area contributed by atoms with Crippen LogP contribution in [-0.4, -0.2) is 223 Å². The summed E-state index contributed by atoms with van der Waals surface area (Å²) in [6, 6.07) is 8.15. The molecule has 4 rings (SSSR count). The summed E-state index contributed by atoms with van der Waals surface area (Å²) in [7, 11) is 6.54. The molecule has 0 aliphatic carbocycles. The first-order valence-electron chi connectivity index (χ1n) is 29.5. The lowest BCUT2D eigenvalue weighted by molar-refractivity contribution is -0.147. The van der Waals surface area contributed by atoms with Crippen molar-refractivity contribution in [2.75, 3.05) is 86.1 Å². The van der Waals surface area contributed by atoms with E-state index in [0.717, 1.165) is 51.8 Å². The normalized spacial score (nSPS) is 17.0. The van der Waals surface area contributed by atoms with Crippen molar-refractivity contribution in [3.05, 3.63) is 35.9 Å². The first-order valence-corrected chi connectivity index (χ1v) is 30.9. The molecule has 27 nitrogen and oxygen atoms in total. The van der Waals surface area contributed by atoms with Crippen LogP contribution in [0.1, 0.15) is 133 Å². The Balaban J connectivity index is 0.00000121. The van der Waals surface area contributed by atoms with Gasteiger partial charge in [0.1, 0.15) is 49.1 Å². The molecular formula is C61H98N10O17S. The van der Waals surface area contributed by atoms with Crippen LogP contribution in [-0.2, 0) is 83.1 Å². The van der Waals surface area contributed by atoms with E-state index >= 15 is 0 Å². The number of rotatable bonds is 29. The van der Waals surface area contributed by atoms with Gasteiger partial charge in [-0.3, -0.25) is 86.7 Å². The average molecular weight is 1280 g/mol. The number of imide groups is 3. The molecule has 10 amide bonds. The molecule has 0 aromatic heterocycles. The summed E-state index contributed by atoms with van der Waals surface area (Å²) in [4.78, 5) is 180. The number of methoxy groups -OCH3 is 1. The quantitative estimate of drug-likeness (QED) is 0.0435. The van der Waals surface area contributed by atoms with E-state index in [1.807, 2.05) is 50.7 Å². The molecule has 3 heterocycles. The van der Waals surface area contributed by atoms with E-state index in [2.05, 4.69) is 26.0 Å². The molecule has 1 aromatic carbocycles. The van der Waals surface area contributed by atoms with E-state index in [4.69, 9.17) is 10.5 Å². The number of thioether (sulfide) groups is 1. The molecule has 0 spiro atoms. The number of hydrogen-bond acceptors (Lipinski definition) is 21. The lowest BCUT2D eigenvalue weighted by Gasteiger charge is -2.29. The van der Waals surface area contributed by atoms with Gasteiger partial charge in [-0.05, 0) is 113 Å². The van der Waals surface area contributed by atoms with Gasteiger partial charge in [0.15, 0.2) is 5.78 Å². The Hall–Kier alpha value is -7.30. The molecule has 0 bridgehead atoms. The van der Waals surface area contributed by atoms with Gasteiger partial charge in [-0.2, -0.15) is 11.8 Å². The van der Waals surface area contributed by atoms with Crippen LogP contribution < -0.4 is 27.0 Å². The molecule has 0 saturated carbocycles. The van der Waals surface area contributed by atoms with Crippen molar-refractivity contribution in [2.45, 2.75) is 157 Å². The molecule has 1 aromatic rings. The Morgan fingerprint density at radius 1 is 0.663 bits per heavy atom. The van der Waals surface area contributed by atoms with Gasteiger partial charge in [-0.15, -0.1) is 0 Å². The molecule has 3 aliphatic heterocycles. The van der Waals surface area contributed by atoms with Crippen LogP contribution in [0.25, 0.3) is 0 Å². The van der Waals surface area contributed by atoms with Crippen molar-refractivity contribution in [1.82, 2.24) is 45.8 Å². The maximum Gasteiger partial charge on any atom is 0.411 e. The van der Waals surface area contributed by atoms with Gasteiger partial charge in [0.2, 0.25) is 53.2 Å². The zero-order valence-corrected chi connectivity index (χ0v) is 55.6. The summed E-state index contributed by atoms with van der Waals surface area (Å²) in [5.41, 5.74) is 5.40. The number of unbranched alkanes of at least 4 members (excludes halogenated alkanes) is 2. The van der Waals surface area contributed by atoms with E-state index in [1.54, 1.807) is 60.2 Å². The number of likely N-dealkylation sites (N-methyl/N-ethyl adjacent to an activating group) is 1. The van der Waals surface area contributed by atoms with Crippen LogP contribution in [0.2, 0.25) is 0 Å². The summed E-state index contributed by atoms with van der Waals surface area (Å²) < 4.78 is 9.93. The molecule has 28 heteroatoms. The molecule has 3 aliphatic rings. The summed E-state index contributed by atoms with van der Waals surface area (Å²) >= 11 is 1.59. The van der Waals surface area contributed by atoms with Gasteiger partial charge in [-0.1, -0.05) is 57.5 Å². The minimum atomic E-state index is -0.773. The minimum absolute atomic E-state index is 0.0556. The van der Waals surface area contributed by atoms with Crippen molar-refractivity contribution in [1.29, 1.82) is 0 Å². The number of likely N-dealkylation sites (tertiary alicyclic amines) is 3. The second-order valence-electron chi connectivity index (χ2n) is 22.9. The number of hydrogen-bond donors (Lipinski definition) is 5. The topological polar surface area (TPSA) is 365 Å². The predicted molar refractivity (Wildman–Crippen MR) is 333 cm³/mol. The molecule has 6 N–H and O–H groups in total. The van der Waals surface area contributed by atoms with Crippen molar-refractivity contribution in [3.63, 3.8) is 0 Å². The highest BCUT2D eigenvalue weighted by atomic mass is 32.2. The molecule has 6 unspecified atom stereocenters. The minimum Gasteiger partial charge on any atom is -0.468 e. The zero-order valence-electron chi connectivity index (χ0n) is 54.7. The molecule has 3 fully saturated rings. The molecule has 500 valence electrons. The second kappa shape index (κ2) is 42.6. The molecule has 89 heavy (non-hydrogen) atoms. The zero-order chi connectivity index (χ0) is 68.3. The number of benzene rings is 1. The fourth-order valence-corrected chi connectivity index (χ4v) is 9.02. The smallest absolute Gasteiger partial charge is 0.411 e. The molecule has 6 atom stereocenters. The van der Waals surface area contributed by atoms with Crippen LogP contribution in [0.3, 0.4) is 0 Å². The third-order valence-electron chi connectivity index (χ3n) is 13.6. The molecule has 0 radical (unpaired) electrons. The Labute approximate surface area is 528 Å². The fourth-order valence-electron chi connectivity index (χ4n) is 8.43. The Bertz CT molecular complexity index is 2580. The Kier molecular flexibility index (Phi) is 39.1. The van der Waals surface area contributed by atoms with Crippen LogP contribution in [0.4, 0.5) is 4.79 Å². The Morgan fingerprint density at radius 3 is 1.54 bits per heavy atom. The SMILES string of the molecule is CC(=O)C(CCCCNC(=O)CN1C(=O)CC(C)C1=O)NC(=O)CN1C(=O)CC(C)C1=O.CC1CC(=O)N(C)C1=O.CNCCCCC(NC)C(C)=O.COC(=O)CN(Cc1ccccc1)C(=O)CN(CC(C)=O)C(=O)OC(C)(C)C.CSCC(N)C(C)=O. The highest BCUT2D eigenvalue weighted by Gasteiger charge is 2.38. The van der Waals surface area contributed by atoms with Crippen molar-refractivity contribution in [2.24, 2.45) is 23.5 Å². The van der Waals surface area contributed by atoms with Gasteiger partial charge in [0.05, 0.1) is 31.8 Å². The number of nitrogens with two attached hydrogens (primary N) is 1. The third kappa shape index (κ3) is 33.2. The van der Waals surface area contributed by atoms with E-state index in [1.165, 1.54) is 44.7 Å². The van der Waals surface area contributed by atoms with E-state index in [0.29, 0.717) is 25.7 Å². The summed E-state index contributed by atoms with van der Waals surface area (Å²) in [5.74, 6) is -4.18. The standard InChI is InChI=1S/C21H30N4O7.C20H28N2O6.C9H20N2O.C6H9NO2.C5H11NOS/c1-12-8-18(29)24(20(12)31)10-16(27)22-7-5-4-6-15(14(3)26)23-17(28)11-25-19(30)9-13(2)21(25)32;1-15(23)11-22(19(26)28-20(2,3)4)13-17(24)21(14-18(25)27-5)12-16-9-7-6-8-10-16;1-8(12)9(11-3)6-4-5-7-10-2;1-4-3-5(8)7(2)6(4)9;1-4(7)5(6)3-8-2/h12-13,15H,4-11H2,1-3H3,(H,22,27)(H,23,28);6-10H,11-14H2,1-5H3;9-11H,4-7H2,1-3H3;4H,3H2,1-2H3;5H,3,6H2,1-2H3. The lowest BCUT2D eigenvalue weighted by atomic mass is 10.1. The van der Waals surface area contributed by atoms with Gasteiger partial charge in [0, 0.05) is 62.9 Å². The molecule has 3 saturated heterocycles. The van der Waals surface area contributed by atoms with Crippen LogP contribution >= 0.6 is 11.8 Å². The lowest BCUT2D eigenvalue weighted by Crippen LogP contribution is -2.47. The summed E-state index contributed by atoms with van der Waals surface area (Å²) in [5, 5.41) is 11.3. The van der Waals surface area contributed by atoms with Crippen molar-refractivity contribution >= 4 is 100 Å². The van der Waals surface area contributed by atoms with E-state index in [9.17, 15) is 71.9 Å². The van der Waals surface area contributed by atoms with Gasteiger partial charge < -0.3 is 41.4 Å². The number of carbonyl (C=O) groups excluding carboxylic acids is 15. The average Bonchev–Trinajstić information content (AvgIpc) is 2.08. The highest BCUT2D eigenvalue weighted by Crippen LogP contribution is 2.20. The first kappa shape index (κ1) is 81.7. The molecular weight excluding hydrogens is 1180 g/mol. The van der Waals surface area contributed by atoms with Gasteiger partial charge in [0.25, 0.3) is 0 Å². The van der Waals surface area contributed by atoms with Gasteiger partial charge >= 0.3 is 12.1 Å². The van der Waals surface area contributed by atoms with Crippen LogP contribution in [0.15, 0.2) is 30.3 Å². The Morgan fingerprint density at radius 2 is 1.16 bits per heavy atom. The third-order valence-corrected chi connectivity index (χ3v) is 14.3. The van der Waals surface area contributed by atoms with E-state index < -0.39 is 78.2 Å². The summed E-state index contributed by atoms with van der Waals surface area (Å²) in [6.07, 6.45) is 6.30. The number of amides is 10. The van der Waals surface area contributed by atoms with Crippen LogP contribution in [0, 0.1) is 17.8 Å².